The number of ether oxygens (including phenoxy) is 1. The van der Waals surface area contributed by atoms with Crippen molar-refractivity contribution in [2.75, 3.05) is 37.5 Å². The average molecular weight is 294 g/mol. The van der Waals surface area contributed by atoms with E-state index in [2.05, 4.69) is 0 Å². The number of carbonyl (C=O) groups excluding carboxylic acids is 1. The topological polar surface area (TPSA) is 55.6 Å². The van der Waals surface area contributed by atoms with E-state index in [1.807, 2.05) is 35.7 Å². The molecule has 5 heteroatoms. The summed E-state index contributed by atoms with van der Waals surface area (Å²) in [4.78, 5) is 14.7. The summed E-state index contributed by atoms with van der Waals surface area (Å²) < 4.78 is 5.14. The Morgan fingerprint density at radius 3 is 3.00 bits per heavy atom. The third-order valence-corrected chi connectivity index (χ3v) is 4.73. The zero-order valence-corrected chi connectivity index (χ0v) is 12.9. The van der Waals surface area contributed by atoms with Crippen molar-refractivity contribution in [3.8, 4) is 0 Å². The minimum absolute atomic E-state index is 0.0238. The van der Waals surface area contributed by atoms with E-state index in [0.29, 0.717) is 30.4 Å². The maximum Gasteiger partial charge on any atom is 0.256 e. The van der Waals surface area contributed by atoms with Crippen LogP contribution in [-0.2, 0) is 4.74 Å². The van der Waals surface area contributed by atoms with E-state index in [0.717, 1.165) is 23.5 Å². The lowest BCUT2D eigenvalue weighted by Gasteiger charge is -2.29. The van der Waals surface area contributed by atoms with Crippen LogP contribution in [0.25, 0.3) is 0 Å². The molecule has 0 radical (unpaired) electrons. The van der Waals surface area contributed by atoms with Gasteiger partial charge in [0.15, 0.2) is 0 Å². The molecular weight excluding hydrogens is 272 g/mol. The van der Waals surface area contributed by atoms with Gasteiger partial charge in [0.2, 0.25) is 0 Å². The Labute approximate surface area is 124 Å². The van der Waals surface area contributed by atoms with Crippen LogP contribution < -0.4 is 5.73 Å². The summed E-state index contributed by atoms with van der Waals surface area (Å²) in [5.74, 6) is 2.14. The largest absolute Gasteiger partial charge is 0.398 e. The van der Waals surface area contributed by atoms with Crippen LogP contribution in [0.3, 0.4) is 0 Å². The Balaban J connectivity index is 2.22. The molecule has 1 aromatic rings. The van der Waals surface area contributed by atoms with Crippen molar-refractivity contribution in [1.82, 2.24) is 4.90 Å². The van der Waals surface area contributed by atoms with Crippen molar-refractivity contribution in [1.29, 1.82) is 0 Å². The lowest BCUT2D eigenvalue weighted by molar-refractivity contribution is 0.0625. The number of methoxy groups -OCH3 is 1. The number of hydrogen-bond donors (Lipinski definition) is 1. The fraction of sp³-hybridized carbons (Fsp3) is 0.533. The normalized spacial score (nSPS) is 18.2. The molecule has 0 saturated carbocycles. The summed E-state index contributed by atoms with van der Waals surface area (Å²) >= 11 is 1.90. The monoisotopic (exact) mass is 294 g/mol. The first-order chi connectivity index (χ1) is 9.63. The molecule has 20 heavy (non-hydrogen) atoms. The maximum absolute atomic E-state index is 12.8. The van der Waals surface area contributed by atoms with E-state index >= 15 is 0 Å². The van der Waals surface area contributed by atoms with Gasteiger partial charge in [-0.05, 0) is 31.2 Å². The predicted molar refractivity (Wildman–Crippen MR) is 84.2 cm³/mol. The highest BCUT2D eigenvalue weighted by Crippen LogP contribution is 2.25. The molecule has 4 nitrogen and oxygen atoms in total. The quantitative estimate of drug-likeness (QED) is 0.846. The molecule has 1 heterocycles. The molecule has 0 aromatic heterocycles. The molecule has 1 aliphatic rings. The Morgan fingerprint density at radius 1 is 1.55 bits per heavy atom. The summed E-state index contributed by atoms with van der Waals surface area (Å²) in [6.07, 6.45) is 1.05. The summed E-state index contributed by atoms with van der Waals surface area (Å²) in [7, 11) is 1.66. The molecule has 1 unspecified atom stereocenters. The highest BCUT2D eigenvalue weighted by atomic mass is 32.2. The second-order valence-corrected chi connectivity index (χ2v) is 6.25. The molecular formula is C15H22N2O2S. The molecule has 1 aliphatic heterocycles. The minimum Gasteiger partial charge on any atom is -0.398 e. The van der Waals surface area contributed by atoms with Gasteiger partial charge in [-0.25, -0.2) is 0 Å². The number of carbonyl (C=O) groups is 1. The second-order valence-electron chi connectivity index (χ2n) is 5.10. The van der Waals surface area contributed by atoms with Gasteiger partial charge in [0, 0.05) is 31.1 Å². The number of benzene rings is 1. The fourth-order valence-electron chi connectivity index (χ4n) is 2.42. The van der Waals surface area contributed by atoms with Crippen molar-refractivity contribution in [2.24, 2.45) is 0 Å². The van der Waals surface area contributed by atoms with Gasteiger partial charge in [-0.15, -0.1) is 0 Å². The number of amides is 1. The van der Waals surface area contributed by atoms with E-state index in [9.17, 15) is 4.79 Å². The van der Waals surface area contributed by atoms with Crippen LogP contribution >= 0.6 is 11.8 Å². The maximum atomic E-state index is 12.8. The molecule has 1 saturated heterocycles. The van der Waals surface area contributed by atoms with E-state index in [-0.39, 0.29) is 5.91 Å². The Bertz CT molecular complexity index is 473. The van der Waals surface area contributed by atoms with Crippen LogP contribution in [0.15, 0.2) is 18.2 Å². The SMILES string of the molecule is COCCN(C(=O)c1cc(C)ccc1N)C1CCSC1. The van der Waals surface area contributed by atoms with Gasteiger partial charge >= 0.3 is 0 Å². The van der Waals surface area contributed by atoms with E-state index in [1.165, 1.54) is 0 Å². The van der Waals surface area contributed by atoms with Crippen molar-refractivity contribution < 1.29 is 9.53 Å². The minimum atomic E-state index is 0.0238. The van der Waals surface area contributed by atoms with Gasteiger partial charge in [-0.1, -0.05) is 11.6 Å². The number of aryl methyl sites for hydroxylation is 1. The standard InChI is InChI=1S/C15H22N2O2S/c1-11-3-4-14(16)13(9-11)15(18)17(6-7-19-2)12-5-8-20-10-12/h3-4,9,12H,5-8,10,16H2,1-2H3. The smallest absolute Gasteiger partial charge is 0.256 e. The van der Waals surface area contributed by atoms with Crippen LogP contribution in [-0.4, -0.2) is 48.6 Å². The summed E-state index contributed by atoms with van der Waals surface area (Å²) in [6.45, 7) is 3.15. The van der Waals surface area contributed by atoms with Crippen LogP contribution in [0, 0.1) is 6.92 Å². The molecule has 2 rings (SSSR count). The second kappa shape index (κ2) is 6.99. The Kier molecular flexibility index (Phi) is 5.31. The first kappa shape index (κ1) is 15.2. The molecule has 1 fully saturated rings. The molecule has 2 N–H and O–H groups in total. The van der Waals surface area contributed by atoms with Crippen LogP contribution in [0.1, 0.15) is 22.3 Å². The fourth-order valence-corrected chi connectivity index (χ4v) is 3.64. The molecule has 0 aliphatic carbocycles. The van der Waals surface area contributed by atoms with Crippen LogP contribution in [0.5, 0.6) is 0 Å². The van der Waals surface area contributed by atoms with Gasteiger partial charge in [-0.3, -0.25) is 4.79 Å². The molecule has 1 amide bonds. The number of nitrogens with zero attached hydrogens (tertiary/aromatic N) is 1. The predicted octanol–water partition coefficient (Wildman–Crippen LogP) is 2.17. The van der Waals surface area contributed by atoms with Crippen molar-refractivity contribution >= 4 is 23.4 Å². The summed E-state index contributed by atoms with van der Waals surface area (Å²) in [6, 6.07) is 5.90. The first-order valence-electron chi connectivity index (χ1n) is 6.87. The first-order valence-corrected chi connectivity index (χ1v) is 8.02. The number of nitrogens with two attached hydrogens (primary N) is 1. The van der Waals surface area contributed by atoms with Gasteiger partial charge in [0.1, 0.15) is 0 Å². The van der Waals surface area contributed by atoms with Crippen LogP contribution in [0.4, 0.5) is 5.69 Å². The molecule has 110 valence electrons. The molecule has 1 aromatic carbocycles. The molecule has 0 bridgehead atoms. The van der Waals surface area contributed by atoms with E-state index in [1.54, 1.807) is 13.2 Å². The van der Waals surface area contributed by atoms with Crippen molar-refractivity contribution in [3.63, 3.8) is 0 Å². The van der Waals surface area contributed by atoms with Crippen molar-refractivity contribution in [3.05, 3.63) is 29.3 Å². The number of hydrogen-bond acceptors (Lipinski definition) is 4. The van der Waals surface area contributed by atoms with Gasteiger partial charge in [0.25, 0.3) is 5.91 Å². The number of thioether (sulfide) groups is 1. The number of nitrogen functional groups attached to an aromatic ring is 1. The lowest BCUT2D eigenvalue weighted by atomic mass is 10.1. The van der Waals surface area contributed by atoms with Gasteiger partial charge < -0.3 is 15.4 Å². The highest BCUT2D eigenvalue weighted by molar-refractivity contribution is 7.99. The number of anilines is 1. The third-order valence-electron chi connectivity index (χ3n) is 3.58. The van der Waals surface area contributed by atoms with Crippen molar-refractivity contribution in [2.45, 2.75) is 19.4 Å². The zero-order valence-electron chi connectivity index (χ0n) is 12.1. The molecule has 0 spiro atoms. The lowest BCUT2D eigenvalue weighted by Crippen LogP contribution is -2.42. The Hall–Kier alpha value is -1.20. The summed E-state index contributed by atoms with van der Waals surface area (Å²) in [5.41, 5.74) is 8.18. The summed E-state index contributed by atoms with van der Waals surface area (Å²) in [5, 5.41) is 0. The third kappa shape index (κ3) is 3.46. The Morgan fingerprint density at radius 2 is 2.35 bits per heavy atom. The van der Waals surface area contributed by atoms with Gasteiger partial charge in [-0.2, -0.15) is 11.8 Å². The zero-order chi connectivity index (χ0) is 14.5. The van der Waals surface area contributed by atoms with Gasteiger partial charge in [0.05, 0.1) is 12.2 Å². The molecule has 1 atom stereocenters. The average Bonchev–Trinajstić information content (AvgIpc) is 2.95. The highest BCUT2D eigenvalue weighted by Gasteiger charge is 2.28. The number of rotatable bonds is 5. The van der Waals surface area contributed by atoms with E-state index < -0.39 is 0 Å². The van der Waals surface area contributed by atoms with E-state index in [4.69, 9.17) is 10.5 Å². The van der Waals surface area contributed by atoms with Crippen LogP contribution in [0.2, 0.25) is 0 Å².